The van der Waals surface area contributed by atoms with Gasteiger partial charge < -0.3 is 4.74 Å². The zero-order valence-electron chi connectivity index (χ0n) is 8.56. The Morgan fingerprint density at radius 1 is 1.65 bits per heavy atom. The summed E-state index contributed by atoms with van der Waals surface area (Å²) in [5, 5.41) is 0.442. The van der Waals surface area contributed by atoms with Crippen LogP contribution in [0.15, 0.2) is 17.3 Å². The minimum absolute atomic E-state index is 0.148. The lowest BCUT2D eigenvalue weighted by Gasteiger charge is -1.94. The third-order valence-corrected chi connectivity index (χ3v) is 3.64. The van der Waals surface area contributed by atoms with Gasteiger partial charge in [0.1, 0.15) is 16.1 Å². The van der Waals surface area contributed by atoms with Gasteiger partial charge in [0, 0.05) is 6.20 Å². The van der Waals surface area contributed by atoms with Crippen molar-refractivity contribution >= 4 is 50.9 Å². The average molecular weight is 269 g/mol. The van der Waals surface area contributed by atoms with Crippen LogP contribution in [0.2, 0.25) is 5.02 Å². The minimum atomic E-state index is -0.585. The molecule has 0 amide bonds. The van der Waals surface area contributed by atoms with Crippen LogP contribution >= 0.6 is 22.9 Å². The zero-order chi connectivity index (χ0) is 12.4. The predicted molar refractivity (Wildman–Crippen MR) is 63.8 cm³/mol. The van der Waals surface area contributed by atoms with Crippen molar-refractivity contribution in [1.29, 1.82) is 0 Å². The Balaban J connectivity index is 2.83. The normalized spacial score (nSPS) is 10.0. The second-order valence-corrected chi connectivity index (χ2v) is 4.37. The standard InChI is InChI=1S/C10H5ClN2O3S/c1-16-10(15)9-7(13-4-14)6-8(17-9)5(11)2-3-12-6/h2-3H,1H3. The molecule has 0 aliphatic heterocycles. The summed E-state index contributed by atoms with van der Waals surface area (Å²) >= 11 is 7.05. The van der Waals surface area contributed by atoms with Gasteiger partial charge >= 0.3 is 5.97 Å². The Labute approximate surface area is 105 Å². The second-order valence-electron chi connectivity index (χ2n) is 2.94. The van der Waals surface area contributed by atoms with E-state index in [4.69, 9.17) is 11.6 Å². The van der Waals surface area contributed by atoms with Gasteiger partial charge in [0.2, 0.25) is 6.08 Å². The van der Waals surface area contributed by atoms with Gasteiger partial charge in [-0.25, -0.2) is 9.59 Å². The van der Waals surface area contributed by atoms with E-state index >= 15 is 0 Å². The maximum Gasteiger partial charge on any atom is 0.350 e. The van der Waals surface area contributed by atoms with E-state index in [1.54, 1.807) is 6.07 Å². The third kappa shape index (κ3) is 1.93. The fourth-order valence-corrected chi connectivity index (χ4v) is 2.61. The van der Waals surface area contributed by atoms with Gasteiger partial charge in [-0.1, -0.05) is 11.6 Å². The van der Waals surface area contributed by atoms with Crippen molar-refractivity contribution in [2.75, 3.05) is 7.11 Å². The van der Waals surface area contributed by atoms with Crippen LogP contribution in [0.5, 0.6) is 0 Å². The number of isocyanates is 1. The molecule has 0 aliphatic rings. The molecule has 0 radical (unpaired) electrons. The highest BCUT2D eigenvalue weighted by molar-refractivity contribution is 7.22. The predicted octanol–water partition coefficient (Wildman–Crippen LogP) is 2.70. The fourth-order valence-electron chi connectivity index (χ4n) is 1.33. The number of halogens is 1. The molecule has 2 aromatic heterocycles. The number of rotatable bonds is 2. The van der Waals surface area contributed by atoms with Crippen LogP contribution in [-0.4, -0.2) is 24.1 Å². The van der Waals surface area contributed by atoms with Crippen LogP contribution in [0.1, 0.15) is 9.67 Å². The van der Waals surface area contributed by atoms with Crippen molar-refractivity contribution in [1.82, 2.24) is 4.98 Å². The van der Waals surface area contributed by atoms with Crippen LogP contribution in [0.4, 0.5) is 5.69 Å². The van der Waals surface area contributed by atoms with Gasteiger partial charge in [-0.3, -0.25) is 4.98 Å². The lowest BCUT2D eigenvalue weighted by atomic mass is 10.3. The van der Waals surface area contributed by atoms with E-state index in [-0.39, 0.29) is 10.6 Å². The Kier molecular flexibility index (Phi) is 3.19. The largest absolute Gasteiger partial charge is 0.465 e. The molecular weight excluding hydrogens is 264 g/mol. The SMILES string of the molecule is COC(=O)c1sc2c(Cl)ccnc2c1N=C=O. The first-order valence-corrected chi connectivity index (χ1v) is 5.61. The lowest BCUT2D eigenvalue weighted by molar-refractivity contribution is 0.0607. The number of thiophene rings is 1. The van der Waals surface area contributed by atoms with Crippen LogP contribution in [-0.2, 0) is 9.53 Å². The molecule has 0 aromatic carbocycles. The number of aliphatic imine (C=N–C) groups is 1. The summed E-state index contributed by atoms with van der Waals surface area (Å²) in [6.45, 7) is 0. The molecule has 0 saturated carbocycles. The third-order valence-electron chi connectivity index (χ3n) is 2.03. The number of hydrogen-bond donors (Lipinski definition) is 0. The van der Waals surface area contributed by atoms with E-state index in [0.29, 0.717) is 15.2 Å². The Bertz CT molecular complexity index is 646. The van der Waals surface area contributed by atoms with Crippen molar-refractivity contribution in [2.24, 2.45) is 4.99 Å². The van der Waals surface area contributed by atoms with Gasteiger partial charge in [0.05, 0.1) is 16.8 Å². The van der Waals surface area contributed by atoms with Crippen LogP contribution in [0.3, 0.4) is 0 Å². The van der Waals surface area contributed by atoms with E-state index in [9.17, 15) is 9.59 Å². The van der Waals surface area contributed by atoms with Crippen LogP contribution in [0.25, 0.3) is 10.2 Å². The van der Waals surface area contributed by atoms with Crippen LogP contribution < -0.4 is 0 Å². The highest BCUT2D eigenvalue weighted by Crippen LogP contribution is 2.39. The van der Waals surface area contributed by atoms with Crippen molar-refractivity contribution < 1.29 is 14.3 Å². The molecule has 0 spiro atoms. The molecule has 0 atom stereocenters. The molecule has 0 saturated heterocycles. The number of carbonyl (C=O) groups is 1. The quantitative estimate of drug-likeness (QED) is 0.477. The molecule has 0 bridgehead atoms. The van der Waals surface area contributed by atoms with Gasteiger partial charge in [0.25, 0.3) is 0 Å². The molecule has 2 heterocycles. The number of nitrogens with zero attached hydrogens (tertiary/aromatic N) is 2. The summed E-state index contributed by atoms with van der Waals surface area (Å²) in [4.78, 5) is 29.6. The topological polar surface area (TPSA) is 68.6 Å². The molecule has 2 rings (SSSR count). The Morgan fingerprint density at radius 2 is 2.41 bits per heavy atom. The van der Waals surface area contributed by atoms with Crippen molar-refractivity contribution in [2.45, 2.75) is 0 Å². The maximum atomic E-state index is 11.5. The van der Waals surface area contributed by atoms with Gasteiger partial charge in [0.15, 0.2) is 0 Å². The molecule has 2 aromatic rings. The van der Waals surface area contributed by atoms with Crippen molar-refractivity contribution in [3.8, 4) is 0 Å². The second kappa shape index (κ2) is 4.63. The molecule has 86 valence electrons. The van der Waals surface area contributed by atoms with Crippen molar-refractivity contribution in [3.63, 3.8) is 0 Å². The number of methoxy groups -OCH3 is 1. The van der Waals surface area contributed by atoms with Crippen molar-refractivity contribution in [3.05, 3.63) is 22.2 Å². The number of carbonyl (C=O) groups excluding carboxylic acids is 2. The van der Waals surface area contributed by atoms with E-state index in [1.165, 1.54) is 19.4 Å². The Morgan fingerprint density at radius 3 is 3.06 bits per heavy atom. The highest BCUT2D eigenvalue weighted by Gasteiger charge is 2.21. The fraction of sp³-hybridized carbons (Fsp3) is 0.100. The Hall–Kier alpha value is -1.75. The van der Waals surface area contributed by atoms with E-state index in [0.717, 1.165) is 11.3 Å². The molecule has 5 nitrogen and oxygen atoms in total. The number of esters is 1. The highest BCUT2D eigenvalue weighted by atomic mass is 35.5. The number of ether oxygens (including phenoxy) is 1. The average Bonchev–Trinajstić information content (AvgIpc) is 2.70. The molecule has 0 fully saturated rings. The molecule has 0 aliphatic carbocycles. The lowest BCUT2D eigenvalue weighted by Crippen LogP contribution is -1.97. The smallest absolute Gasteiger partial charge is 0.350 e. The maximum absolute atomic E-state index is 11.5. The number of aromatic nitrogens is 1. The molecule has 17 heavy (non-hydrogen) atoms. The van der Waals surface area contributed by atoms with Gasteiger partial charge in [-0.05, 0) is 6.07 Å². The van der Waals surface area contributed by atoms with E-state index < -0.39 is 5.97 Å². The van der Waals surface area contributed by atoms with E-state index in [2.05, 4.69) is 14.7 Å². The molecule has 0 N–H and O–H groups in total. The monoisotopic (exact) mass is 268 g/mol. The number of hydrogen-bond acceptors (Lipinski definition) is 6. The first-order valence-electron chi connectivity index (χ1n) is 4.42. The number of pyridine rings is 1. The molecular formula is C10H5ClN2O3S. The van der Waals surface area contributed by atoms with Crippen LogP contribution in [0, 0.1) is 0 Å². The summed E-state index contributed by atoms with van der Waals surface area (Å²) in [6, 6.07) is 1.59. The first kappa shape index (κ1) is 11.7. The van der Waals surface area contributed by atoms with E-state index in [1.807, 2.05) is 0 Å². The summed E-state index contributed by atoms with van der Waals surface area (Å²) in [5.41, 5.74) is 0.542. The summed E-state index contributed by atoms with van der Waals surface area (Å²) in [7, 11) is 1.25. The van der Waals surface area contributed by atoms with Gasteiger partial charge in [-0.2, -0.15) is 4.99 Å². The summed E-state index contributed by atoms with van der Waals surface area (Å²) < 4.78 is 5.19. The molecule has 0 unspecified atom stereocenters. The zero-order valence-corrected chi connectivity index (χ0v) is 10.1. The number of fused-ring (bicyclic) bond motifs is 1. The minimum Gasteiger partial charge on any atom is -0.465 e. The summed E-state index contributed by atoms with van der Waals surface area (Å²) in [5.74, 6) is -0.585. The van der Waals surface area contributed by atoms with Gasteiger partial charge in [-0.15, -0.1) is 11.3 Å². The summed E-state index contributed by atoms with van der Waals surface area (Å²) in [6.07, 6.45) is 2.87. The molecule has 7 heteroatoms. The first-order chi connectivity index (χ1) is 8.19.